The van der Waals surface area contributed by atoms with E-state index in [2.05, 4.69) is 198 Å². The lowest BCUT2D eigenvalue weighted by Gasteiger charge is -2.27. The number of benzene rings is 7. The molecule has 0 aliphatic heterocycles. The van der Waals surface area contributed by atoms with Gasteiger partial charge in [0.15, 0.2) is 5.58 Å². The number of allylic oxidation sites excluding steroid dienone is 2. The predicted molar refractivity (Wildman–Crippen MR) is 239 cm³/mol. The second kappa shape index (κ2) is 13.9. The van der Waals surface area contributed by atoms with Gasteiger partial charge in [0.2, 0.25) is 0 Å². The number of aromatic nitrogens is 1. The molecule has 0 fully saturated rings. The number of para-hydroxylation sites is 1. The van der Waals surface area contributed by atoms with E-state index in [1.54, 1.807) is 0 Å². The van der Waals surface area contributed by atoms with Crippen LogP contribution in [0.5, 0.6) is 0 Å². The molecular weight excluding hydrogens is 693 g/mol. The highest BCUT2D eigenvalue weighted by Crippen LogP contribution is 2.45. The minimum Gasteiger partial charge on any atom is -0.454 e. The van der Waals surface area contributed by atoms with E-state index in [1.165, 1.54) is 56.0 Å². The Morgan fingerprint density at radius 1 is 0.474 bits per heavy atom. The van der Waals surface area contributed by atoms with Crippen LogP contribution in [-0.4, -0.2) is 4.57 Å². The van der Waals surface area contributed by atoms with Crippen molar-refractivity contribution in [1.82, 2.24) is 4.57 Å². The summed E-state index contributed by atoms with van der Waals surface area (Å²) < 4.78 is 9.29. The normalized spacial score (nSPS) is 13.2. The molecular formula is C54H40N2O. The zero-order chi connectivity index (χ0) is 37.7. The van der Waals surface area contributed by atoms with E-state index in [-0.39, 0.29) is 0 Å². The van der Waals surface area contributed by atoms with Crippen LogP contribution in [0.4, 0.5) is 17.1 Å². The maximum atomic E-state index is 6.79. The summed E-state index contributed by atoms with van der Waals surface area (Å²) in [5.41, 5.74) is 18.8. The number of nitrogens with zero attached hydrogens (tertiary/aromatic N) is 2. The molecule has 0 bridgehead atoms. The maximum Gasteiger partial charge on any atom is 0.159 e. The van der Waals surface area contributed by atoms with Crippen molar-refractivity contribution in [2.45, 2.75) is 25.7 Å². The number of fused-ring (bicyclic) bond motifs is 6. The summed E-state index contributed by atoms with van der Waals surface area (Å²) in [4.78, 5) is 2.37. The van der Waals surface area contributed by atoms with Crippen LogP contribution in [0.2, 0.25) is 0 Å². The Morgan fingerprint density at radius 3 is 1.74 bits per heavy atom. The van der Waals surface area contributed by atoms with Gasteiger partial charge in [-0.1, -0.05) is 133 Å². The third kappa shape index (κ3) is 5.82. The van der Waals surface area contributed by atoms with E-state index in [1.807, 2.05) is 6.07 Å². The molecule has 2 aliphatic rings. The van der Waals surface area contributed by atoms with Crippen LogP contribution in [0.15, 0.2) is 186 Å². The molecule has 57 heavy (non-hydrogen) atoms. The van der Waals surface area contributed by atoms with Crippen LogP contribution in [0, 0.1) is 0 Å². The maximum absolute atomic E-state index is 6.79. The van der Waals surface area contributed by atoms with Gasteiger partial charge >= 0.3 is 0 Å². The zero-order valence-corrected chi connectivity index (χ0v) is 31.6. The van der Waals surface area contributed by atoms with Gasteiger partial charge in [0.05, 0.1) is 5.69 Å². The average molecular weight is 733 g/mol. The van der Waals surface area contributed by atoms with E-state index in [0.717, 1.165) is 70.2 Å². The monoisotopic (exact) mass is 732 g/mol. The molecule has 0 amide bonds. The Bertz CT molecular complexity index is 2960. The molecule has 0 spiro atoms. The van der Waals surface area contributed by atoms with Gasteiger partial charge in [-0.2, -0.15) is 0 Å². The van der Waals surface area contributed by atoms with Crippen molar-refractivity contribution >= 4 is 51.2 Å². The average Bonchev–Trinajstić information content (AvgIpc) is 3.84. The molecule has 0 radical (unpaired) electrons. The molecule has 2 aromatic heterocycles. The lowest BCUT2D eigenvalue weighted by molar-refractivity contribution is 0.669. The minimum absolute atomic E-state index is 0.867. The van der Waals surface area contributed by atoms with Gasteiger partial charge in [-0.25, -0.2) is 0 Å². The first-order valence-electron chi connectivity index (χ1n) is 20.0. The molecule has 2 aliphatic carbocycles. The molecule has 0 saturated carbocycles. The van der Waals surface area contributed by atoms with Gasteiger partial charge in [-0.05, 0) is 131 Å². The van der Waals surface area contributed by atoms with Gasteiger partial charge < -0.3 is 13.9 Å². The third-order valence-electron chi connectivity index (χ3n) is 11.7. The standard InChI is InChI=1S/C54H40N2O/c1-3-13-37(14-4-1)39-23-25-40(26-24-39)41-27-29-43(30-28-41)55(44-31-33-45(34-32-44)56-50-20-10-7-17-46(50)47-18-8-11-21-51(47)56)52-36-42(38-15-5-2-6-16-38)35-49-48-19-9-12-22-53(48)57-54(49)52/h1-7,9,11-17,19,21-36H,8,10,18,20H2. The van der Waals surface area contributed by atoms with Gasteiger partial charge in [0, 0.05) is 39.2 Å². The van der Waals surface area contributed by atoms with Crippen LogP contribution in [0.1, 0.15) is 35.4 Å². The highest BCUT2D eigenvalue weighted by molar-refractivity contribution is 6.12. The lowest BCUT2D eigenvalue weighted by Crippen LogP contribution is -2.11. The predicted octanol–water partition coefficient (Wildman–Crippen LogP) is 14.8. The van der Waals surface area contributed by atoms with Gasteiger partial charge in [0.1, 0.15) is 5.58 Å². The van der Waals surface area contributed by atoms with Crippen molar-refractivity contribution in [3.05, 3.63) is 205 Å². The smallest absolute Gasteiger partial charge is 0.159 e. The number of hydrogen-bond donors (Lipinski definition) is 0. The van der Waals surface area contributed by atoms with Crippen molar-refractivity contribution in [2.24, 2.45) is 0 Å². The van der Waals surface area contributed by atoms with Gasteiger partial charge in [-0.15, -0.1) is 0 Å². The highest BCUT2D eigenvalue weighted by atomic mass is 16.3. The number of hydrogen-bond acceptors (Lipinski definition) is 2. The zero-order valence-electron chi connectivity index (χ0n) is 31.6. The fourth-order valence-electron chi connectivity index (χ4n) is 8.97. The summed E-state index contributed by atoms with van der Waals surface area (Å²) in [5.74, 6) is 0. The minimum atomic E-state index is 0.867. The fraction of sp³-hybridized carbons (Fsp3) is 0.0741. The van der Waals surface area contributed by atoms with Crippen molar-refractivity contribution in [3.63, 3.8) is 0 Å². The summed E-state index contributed by atoms with van der Waals surface area (Å²) in [5, 5.41) is 2.21. The van der Waals surface area contributed by atoms with E-state index >= 15 is 0 Å². The molecule has 7 aromatic carbocycles. The molecule has 0 atom stereocenters. The Hall–Kier alpha value is -7.10. The second-order valence-electron chi connectivity index (χ2n) is 15.1. The number of anilines is 3. The SMILES string of the molecule is C1=Cc2c(c3c(n2-c2ccc(N(c4ccc(-c5ccc(-c6ccccc6)cc5)cc4)c4cc(-c5ccccc5)cc5c4oc4ccccc45)cc2)CCC=C3)CC1. The number of rotatable bonds is 7. The first-order valence-corrected chi connectivity index (χ1v) is 20.0. The number of furan rings is 1. The van der Waals surface area contributed by atoms with Crippen LogP contribution in [-0.2, 0) is 12.8 Å². The van der Waals surface area contributed by atoms with Crippen molar-refractivity contribution in [1.29, 1.82) is 0 Å². The second-order valence-corrected chi connectivity index (χ2v) is 15.1. The largest absolute Gasteiger partial charge is 0.454 e. The summed E-state index contributed by atoms with van der Waals surface area (Å²) in [6, 6.07) is 61.2. The van der Waals surface area contributed by atoms with Crippen molar-refractivity contribution in [2.75, 3.05) is 4.90 Å². The lowest BCUT2D eigenvalue weighted by atomic mass is 9.96. The topological polar surface area (TPSA) is 21.3 Å². The highest BCUT2D eigenvalue weighted by Gasteiger charge is 2.25. The van der Waals surface area contributed by atoms with Gasteiger partial charge in [-0.3, -0.25) is 0 Å². The Morgan fingerprint density at radius 2 is 1.04 bits per heavy atom. The summed E-state index contributed by atoms with van der Waals surface area (Å²) in [6.45, 7) is 0. The van der Waals surface area contributed by atoms with Crippen molar-refractivity contribution in [3.8, 4) is 39.1 Å². The van der Waals surface area contributed by atoms with Crippen LogP contribution < -0.4 is 4.90 Å². The molecule has 0 unspecified atom stereocenters. The Labute approximate surface area is 333 Å². The Kier molecular flexibility index (Phi) is 8.10. The van der Waals surface area contributed by atoms with E-state index in [4.69, 9.17) is 4.42 Å². The van der Waals surface area contributed by atoms with E-state index in [0.29, 0.717) is 0 Å². The fourth-order valence-corrected chi connectivity index (χ4v) is 8.97. The third-order valence-corrected chi connectivity index (χ3v) is 11.7. The quantitative estimate of drug-likeness (QED) is 0.163. The molecule has 0 saturated heterocycles. The van der Waals surface area contributed by atoms with Crippen LogP contribution in [0.3, 0.4) is 0 Å². The summed E-state index contributed by atoms with van der Waals surface area (Å²) in [7, 11) is 0. The van der Waals surface area contributed by atoms with E-state index in [9.17, 15) is 0 Å². The van der Waals surface area contributed by atoms with E-state index < -0.39 is 0 Å². The first-order chi connectivity index (χ1) is 28.3. The van der Waals surface area contributed by atoms with Crippen molar-refractivity contribution < 1.29 is 4.42 Å². The molecule has 11 rings (SSSR count). The molecule has 2 heterocycles. The summed E-state index contributed by atoms with van der Waals surface area (Å²) in [6.07, 6.45) is 13.7. The molecule has 272 valence electrons. The molecule has 9 aromatic rings. The van der Waals surface area contributed by atoms with Crippen LogP contribution >= 0.6 is 0 Å². The Balaban J connectivity index is 1.07. The van der Waals surface area contributed by atoms with Crippen LogP contribution in [0.25, 0.3) is 73.2 Å². The first kappa shape index (κ1) is 33.3. The molecule has 3 heteroatoms. The molecule has 0 N–H and O–H groups in total. The molecule has 3 nitrogen and oxygen atoms in total. The summed E-state index contributed by atoms with van der Waals surface area (Å²) >= 11 is 0. The van der Waals surface area contributed by atoms with Gasteiger partial charge in [0.25, 0.3) is 0 Å².